The number of hydrogen-bond acceptors (Lipinski definition) is 11. The van der Waals surface area contributed by atoms with Crippen molar-refractivity contribution in [3.8, 4) is 23.0 Å². The highest BCUT2D eigenvalue weighted by molar-refractivity contribution is 7.93. The molecule has 1 fully saturated rings. The number of anilines is 1. The minimum absolute atomic E-state index is 0.0654. The van der Waals surface area contributed by atoms with Crippen molar-refractivity contribution in [2.24, 2.45) is 5.92 Å². The van der Waals surface area contributed by atoms with Crippen LogP contribution in [0.15, 0.2) is 65.8 Å². The fraction of sp³-hybridized carbons (Fsp3) is 0.400. The van der Waals surface area contributed by atoms with Crippen molar-refractivity contribution >= 4 is 32.8 Å². The topological polar surface area (TPSA) is 130 Å². The van der Waals surface area contributed by atoms with Gasteiger partial charge in [-0.25, -0.2) is 31.3 Å². The zero-order valence-corrected chi connectivity index (χ0v) is 30.7. The smallest absolute Gasteiger partial charge is 0.410 e. The van der Waals surface area contributed by atoms with Crippen LogP contribution in [0, 0.1) is 17.6 Å². The number of carbonyl (C=O) groups is 1. The molecule has 0 saturated carbocycles. The van der Waals surface area contributed by atoms with Gasteiger partial charge in [-0.2, -0.15) is 4.37 Å². The molecule has 16 heteroatoms. The van der Waals surface area contributed by atoms with Gasteiger partial charge in [-0.15, -0.1) is 0 Å². The number of halogens is 2. The van der Waals surface area contributed by atoms with Gasteiger partial charge in [0.05, 0.1) is 34.5 Å². The van der Waals surface area contributed by atoms with Crippen molar-refractivity contribution in [1.82, 2.24) is 14.3 Å². The molecule has 12 nitrogen and oxygen atoms in total. The number of hydrogen-bond donors (Lipinski definition) is 0. The summed E-state index contributed by atoms with van der Waals surface area (Å²) in [7, 11) is -0.274. The van der Waals surface area contributed by atoms with Gasteiger partial charge in [0.15, 0.2) is 11.6 Å². The Bertz CT molecular complexity index is 1920. The van der Waals surface area contributed by atoms with Crippen molar-refractivity contribution in [3.05, 3.63) is 83.7 Å². The fourth-order valence-electron chi connectivity index (χ4n) is 5.79. The highest BCUT2D eigenvalue weighted by Gasteiger charge is 2.36. The lowest BCUT2D eigenvalue weighted by molar-refractivity contribution is 0.0110. The Kier molecular flexibility index (Phi) is 11.5. The molecule has 2 heterocycles. The summed E-state index contributed by atoms with van der Waals surface area (Å²) in [5, 5.41) is -0.0654. The Morgan fingerprint density at radius 3 is 2.29 bits per heavy atom. The number of carbonyl (C=O) groups excluding carboxylic acids is 1. The number of likely N-dealkylation sites (tertiary alicyclic amines) is 1. The fourth-order valence-corrected chi connectivity index (χ4v) is 7.98. The lowest BCUT2D eigenvalue weighted by Crippen LogP contribution is -2.46. The van der Waals surface area contributed by atoms with Crippen molar-refractivity contribution < 1.29 is 45.7 Å². The van der Waals surface area contributed by atoms with E-state index in [0.717, 1.165) is 27.7 Å². The Hall–Kier alpha value is -4.70. The molecule has 2 atom stereocenters. The maximum Gasteiger partial charge on any atom is 0.410 e. The monoisotopic (exact) mass is 746 g/mol. The molecule has 3 aromatic carbocycles. The number of amides is 1. The van der Waals surface area contributed by atoms with Crippen LogP contribution in [0.25, 0.3) is 0 Å². The number of methoxy groups -OCH3 is 3. The van der Waals surface area contributed by atoms with E-state index in [2.05, 4.69) is 9.36 Å². The van der Waals surface area contributed by atoms with Crippen molar-refractivity contribution in [1.29, 1.82) is 0 Å². The van der Waals surface area contributed by atoms with Crippen LogP contribution in [0.4, 0.5) is 18.7 Å². The first-order valence-electron chi connectivity index (χ1n) is 16.0. The van der Waals surface area contributed by atoms with Gasteiger partial charge in [0.25, 0.3) is 10.0 Å². The summed E-state index contributed by atoms with van der Waals surface area (Å²) >= 11 is 0.771. The molecule has 2 unspecified atom stereocenters. The summed E-state index contributed by atoms with van der Waals surface area (Å²) < 4.78 is 91.6. The molecule has 0 N–H and O–H groups in total. The number of sulfonamides is 1. The zero-order chi connectivity index (χ0) is 36.9. The van der Waals surface area contributed by atoms with Crippen LogP contribution < -0.4 is 23.3 Å². The first kappa shape index (κ1) is 37.6. The van der Waals surface area contributed by atoms with Crippen molar-refractivity contribution in [3.63, 3.8) is 0 Å². The quantitative estimate of drug-likeness (QED) is 0.155. The summed E-state index contributed by atoms with van der Waals surface area (Å²) in [5.74, 6) is -1.77. The molecule has 1 aliphatic rings. The summed E-state index contributed by atoms with van der Waals surface area (Å²) in [6.45, 7) is 5.55. The Labute approximate surface area is 300 Å². The SMILES string of the molecule is COc1ccc(C2CCN(C(=O)OC(C)(C)C)CC2COc2cc(F)c(S(=O)(=O)N(Cc3ccc(OC)cc3OC)c3ncns3)cc2F)cc1. The number of ether oxygens (including phenoxy) is 5. The van der Waals surface area contributed by atoms with E-state index in [0.29, 0.717) is 47.9 Å². The maximum absolute atomic E-state index is 15.8. The second-order valence-electron chi connectivity index (χ2n) is 12.8. The van der Waals surface area contributed by atoms with E-state index in [4.69, 9.17) is 23.7 Å². The molecule has 1 saturated heterocycles. The standard InChI is InChI=1S/C35H40F2N4O8S2/c1-35(2,3)49-34(42)40-14-13-27(22-7-10-25(45-4)11-8-22)24(18-40)20-48-31-16-29(37)32(17-28(31)36)51(43,44)41(33-38-21-39-50-33)19-23-9-12-26(46-5)15-30(23)47-6/h7-12,15-17,21,24,27H,13-14,18-20H2,1-6H3. The number of aromatic nitrogens is 2. The van der Waals surface area contributed by atoms with Crippen LogP contribution in [0.3, 0.4) is 0 Å². The molecule has 5 rings (SSSR count). The lowest BCUT2D eigenvalue weighted by atomic mass is 9.81. The van der Waals surface area contributed by atoms with Gasteiger partial charge >= 0.3 is 6.09 Å². The van der Waals surface area contributed by atoms with Crippen LogP contribution in [0.2, 0.25) is 0 Å². The predicted octanol–water partition coefficient (Wildman–Crippen LogP) is 6.66. The van der Waals surface area contributed by atoms with Gasteiger partial charge in [-0.1, -0.05) is 12.1 Å². The van der Waals surface area contributed by atoms with Gasteiger partial charge in [0.1, 0.15) is 39.9 Å². The molecule has 1 amide bonds. The van der Waals surface area contributed by atoms with Crippen molar-refractivity contribution in [2.75, 3.05) is 45.3 Å². The average molecular weight is 747 g/mol. The predicted molar refractivity (Wildman–Crippen MR) is 186 cm³/mol. The Morgan fingerprint density at radius 1 is 0.961 bits per heavy atom. The highest BCUT2D eigenvalue weighted by atomic mass is 32.2. The molecule has 0 bridgehead atoms. The molecule has 4 aromatic rings. The molecule has 0 radical (unpaired) electrons. The minimum Gasteiger partial charge on any atom is -0.497 e. The lowest BCUT2D eigenvalue weighted by Gasteiger charge is -2.39. The van der Waals surface area contributed by atoms with Crippen LogP contribution in [-0.4, -0.2) is 75.4 Å². The van der Waals surface area contributed by atoms with Crippen LogP contribution in [-0.2, 0) is 21.3 Å². The number of benzene rings is 3. The average Bonchev–Trinajstić information content (AvgIpc) is 3.64. The van der Waals surface area contributed by atoms with Gasteiger partial charge in [-0.05, 0) is 62.9 Å². The van der Waals surface area contributed by atoms with E-state index < -0.39 is 44.0 Å². The highest BCUT2D eigenvalue weighted by Crippen LogP contribution is 2.37. The second-order valence-corrected chi connectivity index (χ2v) is 15.4. The molecule has 0 aliphatic carbocycles. The number of nitrogens with zero attached hydrogens (tertiary/aromatic N) is 4. The first-order valence-corrected chi connectivity index (χ1v) is 18.2. The van der Waals surface area contributed by atoms with Gasteiger partial charge in [0.2, 0.25) is 5.13 Å². The molecular formula is C35H40F2N4O8S2. The van der Waals surface area contributed by atoms with E-state index >= 15 is 8.78 Å². The third kappa shape index (κ3) is 8.79. The van der Waals surface area contributed by atoms with E-state index in [1.807, 2.05) is 24.3 Å². The summed E-state index contributed by atoms with van der Waals surface area (Å²) in [6, 6.07) is 13.6. The van der Waals surface area contributed by atoms with Crippen LogP contribution in [0.5, 0.6) is 23.0 Å². The minimum atomic E-state index is -4.74. The van der Waals surface area contributed by atoms with E-state index in [-0.39, 0.29) is 36.7 Å². The molecule has 274 valence electrons. The van der Waals surface area contributed by atoms with E-state index in [1.165, 1.54) is 14.2 Å². The summed E-state index contributed by atoms with van der Waals surface area (Å²) in [4.78, 5) is 17.7. The van der Waals surface area contributed by atoms with Gasteiger partial charge in [-0.3, -0.25) is 0 Å². The molecular weight excluding hydrogens is 707 g/mol. The zero-order valence-electron chi connectivity index (χ0n) is 29.1. The summed E-state index contributed by atoms with van der Waals surface area (Å²) in [6.07, 6.45) is 1.24. The molecule has 0 spiro atoms. The number of rotatable bonds is 12. The van der Waals surface area contributed by atoms with Crippen LogP contribution in [0.1, 0.15) is 44.2 Å². The third-order valence-corrected chi connectivity index (χ3v) is 10.9. The molecule has 1 aromatic heterocycles. The molecule has 1 aliphatic heterocycles. The largest absolute Gasteiger partial charge is 0.497 e. The third-order valence-electron chi connectivity index (χ3n) is 8.31. The van der Waals surface area contributed by atoms with Crippen LogP contribution >= 0.6 is 11.5 Å². The van der Waals surface area contributed by atoms with Crippen molar-refractivity contribution in [2.45, 2.75) is 50.2 Å². The van der Waals surface area contributed by atoms with E-state index in [9.17, 15) is 13.2 Å². The van der Waals surface area contributed by atoms with Gasteiger partial charge in [0, 0.05) is 54.3 Å². The second kappa shape index (κ2) is 15.7. The Balaban J connectivity index is 1.41. The number of piperidine rings is 1. The maximum atomic E-state index is 15.8. The normalized spacial score (nSPS) is 16.4. The molecule has 51 heavy (non-hydrogen) atoms. The first-order chi connectivity index (χ1) is 24.2. The van der Waals surface area contributed by atoms with E-state index in [1.54, 1.807) is 51.0 Å². The van der Waals surface area contributed by atoms with Gasteiger partial charge < -0.3 is 28.6 Å². The summed E-state index contributed by atoms with van der Waals surface area (Å²) in [5.41, 5.74) is 0.675. The Morgan fingerprint density at radius 2 is 1.67 bits per heavy atom.